The Balaban J connectivity index is 1.43. The van der Waals surface area contributed by atoms with Gasteiger partial charge in [0.25, 0.3) is 0 Å². The number of benzene rings is 7. The van der Waals surface area contributed by atoms with Crippen molar-refractivity contribution >= 4 is 99.1 Å². The molecule has 0 fully saturated rings. The van der Waals surface area contributed by atoms with E-state index in [4.69, 9.17) is 9.97 Å². The maximum absolute atomic E-state index is 5.90. The lowest BCUT2D eigenvalue weighted by molar-refractivity contribution is 0.806. The molecule has 0 atom stereocenters. The van der Waals surface area contributed by atoms with Crippen molar-refractivity contribution in [3.05, 3.63) is 156 Å². The predicted octanol–water partition coefficient (Wildman–Crippen LogP) is 15.0. The van der Waals surface area contributed by atoms with Gasteiger partial charge in [-0.3, -0.25) is 0 Å². The van der Waals surface area contributed by atoms with Crippen LogP contribution in [0, 0.1) is 0 Å². The van der Waals surface area contributed by atoms with Crippen LogP contribution in [0.25, 0.3) is 121 Å². The van der Waals surface area contributed by atoms with Crippen LogP contribution >= 0.6 is 0 Å². The maximum atomic E-state index is 5.90. The van der Waals surface area contributed by atoms with Crippen LogP contribution in [0.2, 0.25) is 0 Å². The van der Waals surface area contributed by atoms with Crippen LogP contribution in [0.3, 0.4) is 0 Å². The number of hydrogen-bond donors (Lipinski definition) is 2. The highest BCUT2D eigenvalue weighted by Gasteiger charge is 2.29. The summed E-state index contributed by atoms with van der Waals surface area (Å²) < 4.78 is 0. The average Bonchev–Trinajstić information content (AvgIpc) is 4.08. The molecule has 0 amide bonds. The van der Waals surface area contributed by atoms with E-state index in [-0.39, 0.29) is 0 Å². The molecule has 0 unspecified atom stereocenters. The first-order valence-corrected chi connectivity index (χ1v) is 20.5. The molecule has 7 aromatic carbocycles. The summed E-state index contributed by atoms with van der Waals surface area (Å²) in [6.45, 7) is 9.46. The third-order valence-electron chi connectivity index (χ3n) is 12.6. The van der Waals surface area contributed by atoms with Gasteiger partial charge in [-0.25, -0.2) is 9.97 Å². The van der Waals surface area contributed by atoms with Gasteiger partial charge in [0.15, 0.2) is 0 Å². The van der Waals surface area contributed by atoms with Gasteiger partial charge < -0.3 is 9.97 Å². The lowest BCUT2D eigenvalue weighted by Crippen LogP contribution is -2.03. The van der Waals surface area contributed by atoms with Gasteiger partial charge in [0.1, 0.15) is 0 Å². The summed E-state index contributed by atoms with van der Waals surface area (Å²) in [5.41, 5.74) is 15.3. The van der Waals surface area contributed by atoms with E-state index in [1.165, 1.54) is 54.2 Å². The minimum Gasteiger partial charge on any atom is -0.354 e. The zero-order valence-corrected chi connectivity index (χ0v) is 32.9. The monoisotopic (exact) mass is 744 g/mol. The van der Waals surface area contributed by atoms with Crippen LogP contribution in [0.4, 0.5) is 0 Å². The first kappa shape index (κ1) is 33.1. The summed E-state index contributed by atoms with van der Waals surface area (Å²) in [6.07, 6.45) is 4.34. The number of hydrogen-bond acceptors (Lipinski definition) is 2. The van der Waals surface area contributed by atoms with Crippen LogP contribution in [-0.4, -0.2) is 19.9 Å². The van der Waals surface area contributed by atoms with Crippen molar-refractivity contribution < 1.29 is 0 Å². The van der Waals surface area contributed by atoms with E-state index in [1.807, 2.05) is 0 Å². The molecular formula is C54H40N4. The Morgan fingerprint density at radius 3 is 1.12 bits per heavy atom. The lowest BCUT2D eigenvalue weighted by atomic mass is 9.78. The second-order valence-electron chi connectivity index (χ2n) is 16.6. The van der Waals surface area contributed by atoms with Crippen molar-refractivity contribution in [2.24, 2.45) is 0 Å². The SMILES string of the molecule is CC(C)c1c(C(C)C)c2c3ccccc3c3c4ccc([nH]4)c(-c4ccccc4)c4nc(c(-c5ccccc5)c5ccc([nH]5)c5c6ccccc6c1c1c5nc3c21)C=C4. The summed E-state index contributed by atoms with van der Waals surface area (Å²) in [4.78, 5) is 19.3. The number of rotatable bonds is 4. The Morgan fingerprint density at radius 1 is 0.362 bits per heavy atom. The van der Waals surface area contributed by atoms with Gasteiger partial charge in [-0.05, 0) is 103 Å². The molecule has 4 aromatic heterocycles. The fraction of sp³-hybridized carbons (Fsp3) is 0.111. The molecule has 0 saturated heterocycles. The van der Waals surface area contributed by atoms with E-state index >= 15 is 0 Å². The highest BCUT2D eigenvalue weighted by atomic mass is 14.8. The molecule has 12 rings (SSSR count). The molecule has 2 N–H and O–H groups in total. The Morgan fingerprint density at radius 2 is 0.724 bits per heavy atom. The Kier molecular flexibility index (Phi) is 6.99. The molecule has 11 aromatic rings. The lowest BCUT2D eigenvalue weighted by Gasteiger charge is -2.24. The zero-order chi connectivity index (χ0) is 38.8. The molecule has 4 nitrogen and oxygen atoms in total. The number of nitrogens with one attached hydrogen (secondary N) is 2. The minimum absolute atomic E-state index is 0.299. The number of fused-ring (bicyclic) bond motifs is 14. The van der Waals surface area contributed by atoms with Gasteiger partial charge in [-0.15, -0.1) is 0 Å². The van der Waals surface area contributed by atoms with Gasteiger partial charge in [-0.1, -0.05) is 137 Å². The summed E-state index contributed by atoms with van der Waals surface area (Å²) in [7, 11) is 0. The molecule has 1 aliphatic rings. The number of aromatic nitrogens is 4. The van der Waals surface area contributed by atoms with Gasteiger partial charge >= 0.3 is 0 Å². The summed E-state index contributed by atoms with van der Waals surface area (Å²) in [5, 5.41) is 12.4. The van der Waals surface area contributed by atoms with Crippen molar-refractivity contribution in [2.45, 2.75) is 39.5 Å². The summed E-state index contributed by atoms with van der Waals surface area (Å²) >= 11 is 0. The largest absolute Gasteiger partial charge is 0.354 e. The Bertz CT molecular complexity index is 3370. The molecule has 8 bridgehead atoms. The van der Waals surface area contributed by atoms with E-state index < -0.39 is 0 Å². The van der Waals surface area contributed by atoms with Crippen molar-refractivity contribution in [1.82, 2.24) is 19.9 Å². The fourth-order valence-electron chi connectivity index (χ4n) is 10.4. The van der Waals surface area contributed by atoms with Gasteiger partial charge in [-0.2, -0.15) is 0 Å². The topological polar surface area (TPSA) is 57.4 Å². The fourth-order valence-corrected chi connectivity index (χ4v) is 10.4. The first-order valence-electron chi connectivity index (χ1n) is 20.5. The Hall–Kier alpha value is -7.04. The molecule has 0 saturated carbocycles. The van der Waals surface area contributed by atoms with Crippen LogP contribution in [0.15, 0.2) is 133 Å². The molecular weight excluding hydrogens is 705 g/mol. The molecule has 0 spiro atoms. The van der Waals surface area contributed by atoms with Crippen LogP contribution < -0.4 is 0 Å². The summed E-state index contributed by atoms with van der Waals surface area (Å²) in [6, 6.07) is 48.3. The second kappa shape index (κ2) is 12.2. The van der Waals surface area contributed by atoms with Crippen molar-refractivity contribution in [2.75, 3.05) is 0 Å². The Labute approximate surface area is 335 Å². The van der Waals surface area contributed by atoms with E-state index in [0.717, 1.165) is 77.5 Å². The predicted molar refractivity (Wildman–Crippen MR) is 248 cm³/mol. The molecule has 0 radical (unpaired) electrons. The molecule has 58 heavy (non-hydrogen) atoms. The average molecular weight is 745 g/mol. The normalized spacial score (nSPS) is 12.7. The van der Waals surface area contributed by atoms with E-state index in [1.54, 1.807) is 0 Å². The second-order valence-corrected chi connectivity index (χ2v) is 16.6. The van der Waals surface area contributed by atoms with Gasteiger partial charge in [0.05, 0.1) is 22.4 Å². The minimum atomic E-state index is 0.299. The highest BCUT2D eigenvalue weighted by molar-refractivity contribution is 6.43. The maximum Gasteiger partial charge on any atom is 0.0822 e. The molecule has 0 aliphatic carbocycles. The van der Waals surface area contributed by atoms with Crippen molar-refractivity contribution in [3.63, 3.8) is 0 Å². The molecule has 276 valence electrons. The van der Waals surface area contributed by atoms with Crippen molar-refractivity contribution in [3.8, 4) is 22.3 Å². The van der Waals surface area contributed by atoms with E-state index in [0.29, 0.717) is 11.8 Å². The number of aromatic amines is 2. The van der Waals surface area contributed by atoms with Crippen LogP contribution in [-0.2, 0) is 0 Å². The quantitative estimate of drug-likeness (QED) is 0.176. The number of nitrogens with zero attached hydrogens (tertiary/aromatic N) is 2. The third kappa shape index (κ3) is 4.51. The van der Waals surface area contributed by atoms with Crippen molar-refractivity contribution in [1.29, 1.82) is 0 Å². The smallest absolute Gasteiger partial charge is 0.0822 e. The van der Waals surface area contributed by atoms with E-state index in [2.05, 4.69) is 183 Å². The van der Waals surface area contributed by atoms with Gasteiger partial charge in [0.2, 0.25) is 0 Å². The molecule has 4 heteroatoms. The molecule has 5 heterocycles. The van der Waals surface area contributed by atoms with Crippen LogP contribution in [0.5, 0.6) is 0 Å². The van der Waals surface area contributed by atoms with Gasteiger partial charge in [0, 0.05) is 54.7 Å². The summed E-state index contributed by atoms with van der Waals surface area (Å²) in [5.74, 6) is 0.598. The highest BCUT2D eigenvalue weighted by Crippen LogP contribution is 2.52. The zero-order valence-electron chi connectivity index (χ0n) is 32.9. The van der Waals surface area contributed by atoms with Crippen LogP contribution in [0.1, 0.15) is 62.0 Å². The molecule has 1 aliphatic heterocycles. The standard InChI is InChI=1S/C54H40N4/c1-29(2)43-44(30(3)4)50-36-22-14-12-20-34(36)48-42-28-26-40(57-42)46(32-17-9-6-10-18-32)38-24-23-37(55-38)45(31-15-7-5-8-16-31)39-25-27-41(56-39)47-33-19-11-13-21-35(33)49(43)51-52(50)54(48)58-53(47)51/h5-30,56-57H,1-4H3. The van der Waals surface area contributed by atoms with E-state index in [9.17, 15) is 0 Å². The third-order valence-corrected chi connectivity index (χ3v) is 12.6. The first-order chi connectivity index (χ1) is 28.5. The number of H-pyrrole nitrogens is 2.